The Bertz CT molecular complexity index is 1620. The number of nitrogens with zero attached hydrogens (tertiary/aromatic N) is 4. The van der Waals surface area contributed by atoms with Crippen LogP contribution in [-0.2, 0) is 6.42 Å². The summed E-state index contributed by atoms with van der Waals surface area (Å²) in [4.78, 5) is 37.5. The number of amides is 2. The van der Waals surface area contributed by atoms with Gasteiger partial charge in [-0.2, -0.15) is 0 Å². The van der Waals surface area contributed by atoms with E-state index in [4.69, 9.17) is 4.98 Å². The highest BCUT2D eigenvalue weighted by Gasteiger charge is 2.29. The van der Waals surface area contributed by atoms with Gasteiger partial charge in [0.1, 0.15) is 17.3 Å². The minimum absolute atomic E-state index is 0.145. The number of hydrogen-bond donors (Lipinski definition) is 1. The zero-order valence-electron chi connectivity index (χ0n) is 23.6. The van der Waals surface area contributed by atoms with E-state index in [-0.39, 0.29) is 17.5 Å². The highest BCUT2D eigenvalue weighted by atomic mass is 32.2. The minimum atomic E-state index is -0.462. The lowest BCUT2D eigenvalue weighted by atomic mass is 10.1. The van der Waals surface area contributed by atoms with E-state index < -0.39 is 5.82 Å². The molecule has 0 spiro atoms. The minimum Gasteiger partial charge on any atom is -0.355 e. The molecular weight excluding hydrogens is 570 g/mol. The number of carbonyl (C=O) groups excluding carboxylic acids is 2. The molecule has 1 saturated heterocycles. The third kappa shape index (κ3) is 5.66. The second kappa shape index (κ2) is 12.2. The molecule has 1 N–H and O–H groups in total. The van der Waals surface area contributed by atoms with Gasteiger partial charge in [0.15, 0.2) is 0 Å². The zero-order valence-corrected chi connectivity index (χ0v) is 25.2. The van der Waals surface area contributed by atoms with Gasteiger partial charge in [-0.25, -0.2) is 13.7 Å². The molecule has 4 heterocycles. The summed E-state index contributed by atoms with van der Waals surface area (Å²) < 4.78 is 16.7. The van der Waals surface area contributed by atoms with Crippen LogP contribution in [0.4, 0.5) is 21.6 Å². The molecule has 2 amide bonds. The van der Waals surface area contributed by atoms with Crippen LogP contribution in [0.1, 0.15) is 37.7 Å². The predicted octanol–water partition coefficient (Wildman–Crippen LogP) is 6.50. The summed E-state index contributed by atoms with van der Waals surface area (Å²) in [7, 11) is 0. The van der Waals surface area contributed by atoms with Crippen molar-refractivity contribution in [2.45, 2.75) is 19.8 Å². The molecule has 0 radical (unpaired) electrons. The Morgan fingerprint density at radius 2 is 1.81 bits per heavy atom. The zero-order chi connectivity index (χ0) is 29.2. The molecule has 0 saturated carbocycles. The number of para-hydroxylation sites is 2. The van der Waals surface area contributed by atoms with E-state index in [2.05, 4.69) is 20.8 Å². The SMILES string of the molecule is CSN1CCCN(c2cccc(C(=O)N3CCc4cc(C(=O)Nc5c(C)cccc5F)sc4-c4ccccc43)n2)CC1. The summed E-state index contributed by atoms with van der Waals surface area (Å²) in [5.74, 6) is -0.127. The van der Waals surface area contributed by atoms with Crippen molar-refractivity contribution < 1.29 is 14.0 Å². The van der Waals surface area contributed by atoms with Crippen LogP contribution in [0.25, 0.3) is 10.4 Å². The summed E-state index contributed by atoms with van der Waals surface area (Å²) in [6, 6.07) is 20.1. The van der Waals surface area contributed by atoms with Crippen LogP contribution in [0, 0.1) is 12.7 Å². The number of nitrogens with one attached hydrogen (secondary N) is 1. The Labute approximate surface area is 253 Å². The number of fused-ring (bicyclic) bond motifs is 3. The lowest BCUT2D eigenvalue weighted by Gasteiger charge is -2.25. The van der Waals surface area contributed by atoms with E-state index in [0.717, 1.165) is 60.1 Å². The summed E-state index contributed by atoms with van der Waals surface area (Å²) >= 11 is 3.13. The number of carbonyl (C=O) groups is 2. The fourth-order valence-electron chi connectivity index (χ4n) is 5.55. The van der Waals surface area contributed by atoms with Crippen LogP contribution in [0.3, 0.4) is 0 Å². The number of rotatable bonds is 5. The summed E-state index contributed by atoms with van der Waals surface area (Å²) in [6.07, 6.45) is 3.73. The van der Waals surface area contributed by atoms with Crippen molar-refractivity contribution in [3.63, 3.8) is 0 Å². The lowest BCUT2D eigenvalue weighted by Crippen LogP contribution is -2.34. The maximum Gasteiger partial charge on any atom is 0.276 e. The van der Waals surface area contributed by atoms with Gasteiger partial charge in [-0.05, 0) is 67.5 Å². The van der Waals surface area contributed by atoms with Gasteiger partial charge >= 0.3 is 0 Å². The number of pyridine rings is 1. The van der Waals surface area contributed by atoms with Gasteiger partial charge in [0.2, 0.25) is 0 Å². The molecule has 4 aromatic rings. The van der Waals surface area contributed by atoms with Crippen LogP contribution in [0.15, 0.2) is 66.7 Å². The van der Waals surface area contributed by atoms with Crippen LogP contribution >= 0.6 is 23.3 Å². The van der Waals surface area contributed by atoms with Crippen LogP contribution in [0.5, 0.6) is 0 Å². The van der Waals surface area contributed by atoms with Crippen molar-refractivity contribution in [3.8, 4) is 10.4 Å². The summed E-state index contributed by atoms with van der Waals surface area (Å²) in [6.45, 7) is 5.97. The van der Waals surface area contributed by atoms with E-state index in [1.54, 1.807) is 42.0 Å². The van der Waals surface area contributed by atoms with Gasteiger partial charge in [-0.15, -0.1) is 11.3 Å². The molecule has 7 nitrogen and oxygen atoms in total. The number of halogens is 1. The number of hydrogen-bond acceptors (Lipinski definition) is 7. The predicted molar refractivity (Wildman–Crippen MR) is 170 cm³/mol. The molecule has 2 aromatic heterocycles. The number of thiophene rings is 1. The molecule has 1 fully saturated rings. The topological polar surface area (TPSA) is 68.8 Å². The Kier molecular flexibility index (Phi) is 8.28. The molecule has 2 aliphatic heterocycles. The molecular formula is C32H32FN5O2S2. The van der Waals surface area contributed by atoms with Crippen LogP contribution < -0.4 is 15.1 Å². The smallest absolute Gasteiger partial charge is 0.276 e. The number of benzene rings is 2. The van der Waals surface area contributed by atoms with Crippen molar-refractivity contribution in [2.75, 3.05) is 54.1 Å². The average molecular weight is 602 g/mol. The van der Waals surface area contributed by atoms with E-state index in [0.29, 0.717) is 29.1 Å². The first kappa shape index (κ1) is 28.4. The molecule has 216 valence electrons. The fraction of sp³-hybridized carbons (Fsp3) is 0.281. The Morgan fingerprint density at radius 3 is 2.64 bits per heavy atom. The lowest BCUT2D eigenvalue weighted by molar-refractivity contribution is 0.0981. The van der Waals surface area contributed by atoms with Crippen LogP contribution in [0.2, 0.25) is 0 Å². The number of aryl methyl sites for hydroxylation is 1. The van der Waals surface area contributed by atoms with Crippen molar-refractivity contribution >= 4 is 52.3 Å². The number of aromatic nitrogens is 1. The standard InChI is InChI=1S/C32H32FN5O2S2/c1-21-8-5-10-24(33)29(21)35-31(39)27-20-22-14-17-38(26-12-4-3-9-23(26)30(22)42-27)32(40)25-11-6-13-28(34-25)36-15-7-16-37(41-2)19-18-36/h3-6,8-13,20H,7,14-19H2,1-2H3,(H,35,39). The van der Waals surface area contributed by atoms with E-state index in [1.165, 1.54) is 17.4 Å². The molecule has 0 bridgehead atoms. The van der Waals surface area contributed by atoms with Gasteiger partial charge in [0.25, 0.3) is 11.8 Å². The quantitative estimate of drug-likeness (QED) is 0.263. The van der Waals surface area contributed by atoms with E-state index in [1.807, 2.05) is 42.5 Å². The first-order valence-electron chi connectivity index (χ1n) is 14.0. The highest BCUT2D eigenvalue weighted by molar-refractivity contribution is 7.96. The van der Waals surface area contributed by atoms with Gasteiger partial charge in [0.05, 0.1) is 16.3 Å². The summed E-state index contributed by atoms with van der Waals surface area (Å²) in [5.41, 5.74) is 3.95. The van der Waals surface area contributed by atoms with Gasteiger partial charge < -0.3 is 15.1 Å². The Morgan fingerprint density at radius 1 is 0.976 bits per heavy atom. The molecule has 2 aliphatic rings. The van der Waals surface area contributed by atoms with Gasteiger partial charge in [0, 0.05) is 43.2 Å². The second-order valence-corrected chi connectivity index (χ2v) is 12.3. The van der Waals surface area contributed by atoms with Gasteiger partial charge in [-0.1, -0.05) is 48.3 Å². The van der Waals surface area contributed by atoms with Crippen molar-refractivity contribution in [1.82, 2.24) is 9.29 Å². The molecule has 10 heteroatoms. The highest BCUT2D eigenvalue weighted by Crippen LogP contribution is 2.42. The first-order chi connectivity index (χ1) is 20.4. The summed E-state index contributed by atoms with van der Waals surface area (Å²) in [5, 5.41) is 2.75. The third-order valence-corrected chi connectivity index (χ3v) is 9.86. The van der Waals surface area contributed by atoms with E-state index >= 15 is 0 Å². The molecule has 42 heavy (non-hydrogen) atoms. The fourth-order valence-corrected chi connectivity index (χ4v) is 7.26. The van der Waals surface area contributed by atoms with Crippen molar-refractivity contribution in [2.24, 2.45) is 0 Å². The average Bonchev–Trinajstić information content (AvgIpc) is 3.19. The van der Waals surface area contributed by atoms with Crippen molar-refractivity contribution in [3.05, 3.63) is 94.2 Å². The maximum absolute atomic E-state index is 14.4. The molecule has 0 atom stereocenters. The Hall–Kier alpha value is -3.73. The molecule has 2 aromatic carbocycles. The number of anilines is 3. The molecule has 0 aliphatic carbocycles. The Balaban J connectivity index is 1.26. The molecule has 0 unspecified atom stereocenters. The maximum atomic E-state index is 14.4. The largest absolute Gasteiger partial charge is 0.355 e. The normalized spacial score (nSPS) is 15.4. The second-order valence-electron chi connectivity index (χ2n) is 10.4. The molecule has 6 rings (SSSR count). The first-order valence-corrected chi connectivity index (χ1v) is 16.0. The van der Waals surface area contributed by atoms with E-state index in [9.17, 15) is 14.0 Å². The van der Waals surface area contributed by atoms with Crippen molar-refractivity contribution in [1.29, 1.82) is 0 Å². The van der Waals surface area contributed by atoms with Crippen LogP contribution in [-0.4, -0.2) is 60.1 Å². The van der Waals surface area contributed by atoms with Gasteiger partial charge in [-0.3, -0.25) is 9.59 Å². The monoisotopic (exact) mass is 601 g/mol. The third-order valence-electron chi connectivity index (χ3n) is 7.77.